The molecule has 0 fully saturated rings. The summed E-state index contributed by atoms with van der Waals surface area (Å²) in [6.07, 6.45) is 0. The smallest absolute Gasteiger partial charge is 0.129 e. The first kappa shape index (κ1) is 15.3. The van der Waals surface area contributed by atoms with Crippen LogP contribution in [0.4, 0.5) is 4.39 Å². The summed E-state index contributed by atoms with van der Waals surface area (Å²) < 4.78 is 14.0. The molecule has 106 valence electrons. The van der Waals surface area contributed by atoms with Crippen molar-refractivity contribution in [2.45, 2.75) is 18.5 Å². The second kappa shape index (κ2) is 5.70. The van der Waals surface area contributed by atoms with Crippen molar-refractivity contribution in [1.29, 1.82) is 0 Å². The van der Waals surface area contributed by atoms with Gasteiger partial charge in [0, 0.05) is 15.6 Å². The van der Waals surface area contributed by atoms with Gasteiger partial charge in [0.15, 0.2) is 0 Å². The lowest BCUT2D eigenvalue weighted by molar-refractivity contribution is 0.385. The van der Waals surface area contributed by atoms with E-state index in [1.807, 2.05) is 0 Å². The molecule has 0 spiro atoms. The first-order valence-corrected chi connectivity index (χ1v) is 6.83. The summed E-state index contributed by atoms with van der Waals surface area (Å²) in [5, 5.41) is 0.930. The van der Waals surface area contributed by atoms with Crippen molar-refractivity contribution < 1.29 is 4.39 Å². The zero-order valence-electron chi connectivity index (χ0n) is 10.9. The molecule has 20 heavy (non-hydrogen) atoms. The van der Waals surface area contributed by atoms with Crippen LogP contribution in [0.25, 0.3) is 0 Å². The van der Waals surface area contributed by atoms with Gasteiger partial charge in [-0.15, -0.1) is 0 Å². The minimum Gasteiger partial charge on any atom is -0.322 e. The van der Waals surface area contributed by atoms with Crippen molar-refractivity contribution >= 4 is 23.2 Å². The molecule has 0 aliphatic heterocycles. The Balaban J connectivity index is 2.39. The molecule has 2 aromatic carbocycles. The molecule has 0 aromatic heterocycles. The molecule has 0 saturated heterocycles. The Morgan fingerprint density at radius 2 is 1.60 bits per heavy atom. The average molecular weight is 313 g/mol. The Labute approximate surface area is 127 Å². The quantitative estimate of drug-likeness (QED) is 0.899. The third-order valence-corrected chi connectivity index (χ3v) is 3.90. The molecular formula is C15H15Cl2FN2. The van der Waals surface area contributed by atoms with Gasteiger partial charge in [0.2, 0.25) is 0 Å². The van der Waals surface area contributed by atoms with Crippen LogP contribution in [0.3, 0.4) is 0 Å². The summed E-state index contributed by atoms with van der Waals surface area (Å²) in [5.41, 5.74) is 12.6. The van der Waals surface area contributed by atoms with Crippen molar-refractivity contribution in [3.05, 3.63) is 69.5 Å². The second-order valence-electron chi connectivity index (χ2n) is 4.93. The number of halogens is 3. The molecule has 0 aliphatic rings. The van der Waals surface area contributed by atoms with Gasteiger partial charge in [0.1, 0.15) is 5.82 Å². The SMILES string of the molecule is C[C@](N)(c1ccc(Cl)cc1)[C@H](N)c1ccc(Cl)cc1F. The molecule has 2 atom stereocenters. The number of benzene rings is 2. The zero-order chi connectivity index (χ0) is 14.9. The van der Waals surface area contributed by atoms with Gasteiger partial charge in [0.25, 0.3) is 0 Å². The molecular weight excluding hydrogens is 298 g/mol. The summed E-state index contributed by atoms with van der Waals surface area (Å²) in [4.78, 5) is 0. The highest BCUT2D eigenvalue weighted by molar-refractivity contribution is 6.30. The van der Waals surface area contributed by atoms with E-state index in [4.69, 9.17) is 34.7 Å². The monoisotopic (exact) mass is 312 g/mol. The summed E-state index contributed by atoms with van der Waals surface area (Å²) in [7, 11) is 0. The lowest BCUT2D eigenvalue weighted by atomic mass is 9.82. The fourth-order valence-electron chi connectivity index (χ4n) is 2.07. The van der Waals surface area contributed by atoms with Crippen LogP contribution >= 0.6 is 23.2 Å². The molecule has 4 N–H and O–H groups in total. The fourth-order valence-corrected chi connectivity index (χ4v) is 2.35. The van der Waals surface area contributed by atoms with E-state index in [1.165, 1.54) is 6.07 Å². The summed E-state index contributed by atoms with van der Waals surface area (Å²) in [6.45, 7) is 1.76. The topological polar surface area (TPSA) is 52.0 Å². The van der Waals surface area contributed by atoms with Crippen molar-refractivity contribution in [2.75, 3.05) is 0 Å². The minimum absolute atomic E-state index is 0.323. The van der Waals surface area contributed by atoms with Crippen LogP contribution in [0.1, 0.15) is 24.1 Å². The number of rotatable bonds is 3. The van der Waals surface area contributed by atoms with E-state index in [0.717, 1.165) is 5.56 Å². The summed E-state index contributed by atoms with van der Waals surface area (Å²) >= 11 is 11.6. The van der Waals surface area contributed by atoms with Gasteiger partial charge in [-0.2, -0.15) is 0 Å². The second-order valence-corrected chi connectivity index (χ2v) is 5.81. The highest BCUT2D eigenvalue weighted by Gasteiger charge is 2.32. The molecule has 5 heteroatoms. The van der Waals surface area contributed by atoms with Crippen LogP contribution in [0.15, 0.2) is 42.5 Å². The molecule has 0 unspecified atom stereocenters. The fraction of sp³-hybridized carbons (Fsp3) is 0.200. The number of nitrogens with two attached hydrogens (primary N) is 2. The first-order chi connectivity index (χ1) is 9.32. The van der Waals surface area contributed by atoms with Crippen molar-refractivity contribution in [3.8, 4) is 0 Å². The highest BCUT2D eigenvalue weighted by atomic mass is 35.5. The molecule has 0 heterocycles. The molecule has 0 radical (unpaired) electrons. The van der Waals surface area contributed by atoms with Crippen LogP contribution < -0.4 is 11.5 Å². The van der Waals surface area contributed by atoms with Gasteiger partial charge in [-0.1, -0.05) is 41.4 Å². The van der Waals surface area contributed by atoms with Gasteiger partial charge in [-0.05, 0) is 36.8 Å². The van der Waals surface area contributed by atoms with E-state index in [1.54, 1.807) is 43.3 Å². The Kier molecular flexibility index (Phi) is 4.35. The third-order valence-electron chi connectivity index (χ3n) is 3.41. The Bertz CT molecular complexity index is 612. The van der Waals surface area contributed by atoms with Gasteiger partial charge in [-0.3, -0.25) is 0 Å². The molecule has 2 aromatic rings. The van der Waals surface area contributed by atoms with E-state index in [2.05, 4.69) is 0 Å². The van der Waals surface area contributed by atoms with Crippen LogP contribution in [0, 0.1) is 5.82 Å². The predicted molar refractivity (Wildman–Crippen MR) is 81.3 cm³/mol. The van der Waals surface area contributed by atoms with Crippen LogP contribution in [0.5, 0.6) is 0 Å². The standard InChI is InChI=1S/C15H15Cl2FN2/c1-15(20,9-2-4-10(16)5-3-9)14(19)12-7-6-11(17)8-13(12)18/h2-8,14H,19-20H2,1H3/t14-,15+/m1/s1. The molecule has 0 aliphatic carbocycles. The van der Waals surface area contributed by atoms with E-state index < -0.39 is 17.4 Å². The van der Waals surface area contributed by atoms with E-state index in [9.17, 15) is 4.39 Å². The third kappa shape index (κ3) is 2.96. The van der Waals surface area contributed by atoms with Gasteiger partial charge < -0.3 is 11.5 Å². The predicted octanol–water partition coefficient (Wildman–Crippen LogP) is 4.01. The van der Waals surface area contributed by atoms with Gasteiger partial charge in [0.05, 0.1) is 11.6 Å². The maximum absolute atomic E-state index is 14.0. The molecule has 0 saturated carbocycles. The molecule has 0 amide bonds. The lowest BCUT2D eigenvalue weighted by Crippen LogP contribution is -2.44. The normalized spacial score (nSPS) is 15.7. The summed E-state index contributed by atoms with van der Waals surface area (Å²) in [6, 6.07) is 10.7. The van der Waals surface area contributed by atoms with E-state index in [0.29, 0.717) is 15.6 Å². The Morgan fingerprint density at radius 1 is 1.05 bits per heavy atom. The molecule has 2 rings (SSSR count). The lowest BCUT2D eigenvalue weighted by Gasteiger charge is -2.32. The van der Waals surface area contributed by atoms with E-state index in [-0.39, 0.29) is 0 Å². The zero-order valence-corrected chi connectivity index (χ0v) is 12.4. The van der Waals surface area contributed by atoms with Crippen molar-refractivity contribution in [3.63, 3.8) is 0 Å². The Hall–Kier alpha value is -1.13. The van der Waals surface area contributed by atoms with Crippen LogP contribution in [-0.2, 0) is 5.54 Å². The maximum Gasteiger partial charge on any atom is 0.129 e. The van der Waals surface area contributed by atoms with Gasteiger partial charge >= 0.3 is 0 Å². The summed E-state index contributed by atoms with van der Waals surface area (Å²) in [5.74, 6) is -0.462. The molecule has 2 nitrogen and oxygen atoms in total. The Morgan fingerprint density at radius 3 is 2.15 bits per heavy atom. The minimum atomic E-state index is -0.931. The van der Waals surface area contributed by atoms with Gasteiger partial charge in [-0.25, -0.2) is 4.39 Å². The van der Waals surface area contributed by atoms with Crippen molar-refractivity contribution in [1.82, 2.24) is 0 Å². The number of hydrogen-bond donors (Lipinski definition) is 2. The first-order valence-electron chi connectivity index (χ1n) is 6.08. The average Bonchev–Trinajstić information content (AvgIpc) is 2.38. The van der Waals surface area contributed by atoms with Crippen LogP contribution in [0.2, 0.25) is 10.0 Å². The highest BCUT2D eigenvalue weighted by Crippen LogP contribution is 2.33. The molecule has 0 bridgehead atoms. The maximum atomic E-state index is 14.0. The largest absolute Gasteiger partial charge is 0.322 e. The number of hydrogen-bond acceptors (Lipinski definition) is 2. The van der Waals surface area contributed by atoms with Crippen molar-refractivity contribution in [2.24, 2.45) is 11.5 Å². The van der Waals surface area contributed by atoms with Crippen LogP contribution in [-0.4, -0.2) is 0 Å². The van der Waals surface area contributed by atoms with E-state index >= 15 is 0 Å².